The van der Waals surface area contributed by atoms with Gasteiger partial charge >= 0.3 is 5.92 Å². The van der Waals surface area contributed by atoms with E-state index in [9.17, 15) is 13.6 Å². The predicted molar refractivity (Wildman–Crippen MR) is 48.4 cm³/mol. The SMILES string of the molecule is CC(C)C(F)(F)C(=O)c1cccnc1. The van der Waals surface area contributed by atoms with Crippen molar-refractivity contribution in [3.8, 4) is 0 Å². The molecule has 0 amide bonds. The number of aromatic nitrogens is 1. The van der Waals surface area contributed by atoms with E-state index in [2.05, 4.69) is 4.98 Å². The molecule has 0 atom stereocenters. The summed E-state index contributed by atoms with van der Waals surface area (Å²) in [4.78, 5) is 14.9. The van der Waals surface area contributed by atoms with Crippen LogP contribution in [-0.4, -0.2) is 16.7 Å². The summed E-state index contributed by atoms with van der Waals surface area (Å²) in [5, 5.41) is 0. The first kappa shape index (κ1) is 10.8. The van der Waals surface area contributed by atoms with Gasteiger partial charge in [-0.25, -0.2) is 0 Å². The van der Waals surface area contributed by atoms with Crippen molar-refractivity contribution in [1.29, 1.82) is 0 Å². The lowest BCUT2D eigenvalue weighted by molar-refractivity contribution is -0.0203. The van der Waals surface area contributed by atoms with Crippen LogP contribution in [0.1, 0.15) is 24.2 Å². The maximum Gasteiger partial charge on any atom is 0.312 e. The zero-order valence-corrected chi connectivity index (χ0v) is 8.00. The zero-order valence-electron chi connectivity index (χ0n) is 8.00. The van der Waals surface area contributed by atoms with E-state index in [0.29, 0.717) is 0 Å². The van der Waals surface area contributed by atoms with Gasteiger partial charge in [0.1, 0.15) is 0 Å². The molecule has 0 bridgehead atoms. The van der Waals surface area contributed by atoms with Crippen molar-refractivity contribution in [2.75, 3.05) is 0 Å². The number of Topliss-reactive ketones (excluding diaryl/α,β-unsaturated/α-hetero) is 1. The first-order valence-electron chi connectivity index (χ1n) is 4.29. The van der Waals surface area contributed by atoms with Gasteiger partial charge in [0.2, 0.25) is 5.78 Å². The molecule has 1 aromatic heterocycles. The van der Waals surface area contributed by atoms with Crippen LogP contribution in [0.3, 0.4) is 0 Å². The Hall–Kier alpha value is -1.32. The minimum absolute atomic E-state index is 0.0498. The van der Waals surface area contributed by atoms with Crippen molar-refractivity contribution >= 4 is 5.78 Å². The minimum atomic E-state index is -3.32. The van der Waals surface area contributed by atoms with E-state index in [1.165, 1.54) is 32.2 Å². The van der Waals surface area contributed by atoms with Crippen molar-refractivity contribution in [2.24, 2.45) is 5.92 Å². The molecule has 0 radical (unpaired) electrons. The summed E-state index contributed by atoms with van der Waals surface area (Å²) in [6, 6.07) is 2.80. The third-order valence-electron chi connectivity index (χ3n) is 1.95. The maximum atomic E-state index is 13.2. The summed E-state index contributed by atoms with van der Waals surface area (Å²) in [6.07, 6.45) is 2.59. The van der Waals surface area contributed by atoms with Gasteiger partial charge in [-0.2, -0.15) is 8.78 Å². The highest BCUT2D eigenvalue weighted by Crippen LogP contribution is 2.27. The minimum Gasteiger partial charge on any atom is -0.287 e. The topological polar surface area (TPSA) is 30.0 Å². The van der Waals surface area contributed by atoms with Crippen LogP contribution < -0.4 is 0 Å². The summed E-state index contributed by atoms with van der Waals surface area (Å²) in [6.45, 7) is 2.63. The number of halogens is 2. The molecule has 1 aromatic rings. The van der Waals surface area contributed by atoms with Crippen molar-refractivity contribution in [2.45, 2.75) is 19.8 Å². The first-order chi connectivity index (χ1) is 6.46. The lowest BCUT2D eigenvalue weighted by Gasteiger charge is -2.18. The highest BCUT2D eigenvalue weighted by atomic mass is 19.3. The Balaban J connectivity index is 2.97. The number of carbonyl (C=O) groups is 1. The van der Waals surface area contributed by atoms with Crippen LogP contribution in [0.2, 0.25) is 0 Å². The van der Waals surface area contributed by atoms with Crippen LogP contribution >= 0.6 is 0 Å². The largest absolute Gasteiger partial charge is 0.312 e. The Morgan fingerprint density at radius 2 is 2.14 bits per heavy atom. The summed E-state index contributed by atoms with van der Waals surface area (Å²) in [7, 11) is 0. The van der Waals surface area contributed by atoms with Gasteiger partial charge in [0, 0.05) is 23.9 Å². The van der Waals surface area contributed by atoms with E-state index in [1.54, 1.807) is 0 Å². The van der Waals surface area contributed by atoms with E-state index in [4.69, 9.17) is 0 Å². The van der Waals surface area contributed by atoms with Gasteiger partial charge in [-0.1, -0.05) is 13.8 Å². The van der Waals surface area contributed by atoms with Gasteiger partial charge in [0.05, 0.1) is 0 Å². The molecule has 0 saturated carbocycles. The number of hydrogen-bond acceptors (Lipinski definition) is 2. The third-order valence-corrected chi connectivity index (χ3v) is 1.95. The molecule has 0 aliphatic carbocycles. The highest BCUT2D eigenvalue weighted by molar-refractivity contribution is 6.01. The Morgan fingerprint density at radius 3 is 2.57 bits per heavy atom. The Labute approximate surface area is 81.0 Å². The van der Waals surface area contributed by atoms with Crippen LogP contribution in [0.5, 0.6) is 0 Å². The molecule has 2 nitrogen and oxygen atoms in total. The number of rotatable bonds is 3. The van der Waals surface area contributed by atoms with Crippen LogP contribution in [-0.2, 0) is 0 Å². The molecule has 1 heterocycles. The molecule has 0 aliphatic rings. The molecule has 0 N–H and O–H groups in total. The lowest BCUT2D eigenvalue weighted by atomic mass is 9.98. The predicted octanol–water partition coefficient (Wildman–Crippen LogP) is 2.56. The standard InChI is InChI=1S/C10H11F2NO/c1-7(2)10(11,12)9(14)8-4-3-5-13-6-8/h3-7H,1-2H3. The van der Waals surface area contributed by atoms with Gasteiger partial charge < -0.3 is 0 Å². The Bertz CT molecular complexity index is 322. The molecule has 0 saturated heterocycles. The molecular weight excluding hydrogens is 188 g/mol. The molecule has 1 rings (SSSR count). The summed E-state index contributed by atoms with van der Waals surface area (Å²) >= 11 is 0. The lowest BCUT2D eigenvalue weighted by Crippen LogP contribution is -2.34. The fourth-order valence-electron chi connectivity index (χ4n) is 0.952. The van der Waals surface area contributed by atoms with Gasteiger partial charge in [-0.3, -0.25) is 9.78 Å². The zero-order chi connectivity index (χ0) is 10.8. The fourth-order valence-corrected chi connectivity index (χ4v) is 0.952. The van der Waals surface area contributed by atoms with Crippen LogP contribution in [0.4, 0.5) is 8.78 Å². The second-order valence-corrected chi connectivity index (χ2v) is 3.35. The first-order valence-corrected chi connectivity index (χ1v) is 4.29. The van der Waals surface area contributed by atoms with Gasteiger partial charge in [0.15, 0.2) is 0 Å². The number of pyridine rings is 1. The summed E-state index contributed by atoms with van der Waals surface area (Å²) < 4.78 is 26.5. The van der Waals surface area contributed by atoms with E-state index >= 15 is 0 Å². The molecule has 0 aromatic carbocycles. The molecule has 76 valence electrons. The average Bonchev–Trinajstić information content (AvgIpc) is 2.17. The molecular formula is C10H11F2NO. The van der Waals surface area contributed by atoms with Crippen molar-refractivity contribution in [1.82, 2.24) is 4.98 Å². The van der Waals surface area contributed by atoms with E-state index in [-0.39, 0.29) is 5.56 Å². The van der Waals surface area contributed by atoms with Gasteiger partial charge in [-0.05, 0) is 12.1 Å². The smallest absolute Gasteiger partial charge is 0.287 e. The van der Waals surface area contributed by atoms with Crippen molar-refractivity contribution in [3.05, 3.63) is 30.1 Å². The number of ketones is 1. The van der Waals surface area contributed by atoms with E-state index in [1.807, 2.05) is 0 Å². The quantitative estimate of drug-likeness (QED) is 0.700. The van der Waals surface area contributed by atoms with Gasteiger partial charge in [0.25, 0.3) is 0 Å². The highest BCUT2D eigenvalue weighted by Gasteiger charge is 2.42. The molecule has 0 fully saturated rings. The van der Waals surface area contributed by atoms with Crippen LogP contribution in [0.15, 0.2) is 24.5 Å². The number of alkyl halides is 2. The van der Waals surface area contributed by atoms with Gasteiger partial charge in [-0.15, -0.1) is 0 Å². The average molecular weight is 199 g/mol. The van der Waals surface area contributed by atoms with Crippen molar-refractivity contribution < 1.29 is 13.6 Å². The summed E-state index contributed by atoms with van der Waals surface area (Å²) in [5.74, 6) is -5.49. The molecule has 0 aliphatic heterocycles. The summed E-state index contributed by atoms with van der Waals surface area (Å²) in [5.41, 5.74) is -0.0498. The normalized spacial score (nSPS) is 11.8. The number of carbonyl (C=O) groups excluding carboxylic acids is 1. The molecule has 0 unspecified atom stereocenters. The molecule has 4 heteroatoms. The second-order valence-electron chi connectivity index (χ2n) is 3.35. The number of hydrogen-bond donors (Lipinski definition) is 0. The van der Waals surface area contributed by atoms with E-state index < -0.39 is 17.6 Å². The Kier molecular flexibility index (Phi) is 2.93. The molecule has 14 heavy (non-hydrogen) atoms. The Morgan fingerprint density at radius 1 is 1.50 bits per heavy atom. The van der Waals surface area contributed by atoms with E-state index in [0.717, 1.165) is 6.20 Å². The van der Waals surface area contributed by atoms with Crippen LogP contribution in [0.25, 0.3) is 0 Å². The fraction of sp³-hybridized carbons (Fsp3) is 0.400. The second kappa shape index (κ2) is 3.82. The number of nitrogens with zero attached hydrogens (tertiary/aromatic N) is 1. The monoisotopic (exact) mass is 199 g/mol. The third kappa shape index (κ3) is 1.95. The van der Waals surface area contributed by atoms with Crippen LogP contribution in [0, 0.1) is 5.92 Å². The van der Waals surface area contributed by atoms with Crippen molar-refractivity contribution in [3.63, 3.8) is 0 Å². The molecule has 0 spiro atoms. The maximum absolute atomic E-state index is 13.2.